The lowest BCUT2D eigenvalue weighted by Crippen LogP contribution is -2.45. The molecule has 2 N–H and O–H groups in total. The van der Waals surface area contributed by atoms with E-state index in [0.29, 0.717) is 19.0 Å². The Bertz CT molecular complexity index is 299. The maximum Gasteiger partial charge on any atom is 0.239 e. The molecule has 0 radical (unpaired) electrons. The fourth-order valence-corrected chi connectivity index (χ4v) is 1.99. The third-order valence-corrected chi connectivity index (χ3v) is 3.42. The Kier molecular flexibility index (Phi) is 6.84. The van der Waals surface area contributed by atoms with Gasteiger partial charge in [-0.05, 0) is 46.6 Å². The molecule has 1 atom stereocenters. The topological polar surface area (TPSA) is 61.4 Å². The number of nitrogens with zero attached hydrogens (tertiary/aromatic N) is 1. The average molecular weight is 269 g/mol. The van der Waals surface area contributed by atoms with Gasteiger partial charge in [-0.15, -0.1) is 0 Å². The van der Waals surface area contributed by atoms with Crippen molar-refractivity contribution in [2.24, 2.45) is 0 Å². The van der Waals surface area contributed by atoms with Crippen LogP contribution in [0.2, 0.25) is 0 Å². The Morgan fingerprint density at radius 3 is 2.42 bits per heavy atom. The molecule has 1 rings (SSSR count). The van der Waals surface area contributed by atoms with Crippen LogP contribution >= 0.6 is 0 Å². The first kappa shape index (κ1) is 16.0. The minimum absolute atomic E-state index is 0.132. The minimum atomic E-state index is -0.175. The van der Waals surface area contributed by atoms with E-state index >= 15 is 0 Å². The molecule has 0 heterocycles. The van der Waals surface area contributed by atoms with Gasteiger partial charge in [-0.1, -0.05) is 0 Å². The van der Waals surface area contributed by atoms with Gasteiger partial charge in [-0.3, -0.25) is 9.59 Å². The molecule has 0 aliphatic heterocycles. The van der Waals surface area contributed by atoms with Crippen LogP contribution in [-0.4, -0.2) is 48.4 Å². The highest BCUT2D eigenvalue weighted by Gasteiger charge is 2.23. The first-order valence-electron chi connectivity index (χ1n) is 7.40. The SMILES string of the molecule is CCN(CC)C(=O)C(C)NCCCC(=O)NC1CC1. The lowest BCUT2D eigenvalue weighted by atomic mass is 10.2. The van der Waals surface area contributed by atoms with Crippen molar-refractivity contribution in [3.63, 3.8) is 0 Å². The number of carbonyl (C=O) groups is 2. The van der Waals surface area contributed by atoms with Gasteiger partial charge >= 0.3 is 0 Å². The third kappa shape index (κ3) is 6.05. The van der Waals surface area contributed by atoms with Gasteiger partial charge in [0.15, 0.2) is 0 Å². The Morgan fingerprint density at radius 2 is 1.89 bits per heavy atom. The lowest BCUT2D eigenvalue weighted by Gasteiger charge is -2.23. The second kappa shape index (κ2) is 8.15. The highest BCUT2D eigenvalue weighted by atomic mass is 16.2. The van der Waals surface area contributed by atoms with Crippen LogP contribution in [0.15, 0.2) is 0 Å². The summed E-state index contributed by atoms with van der Waals surface area (Å²) in [6, 6.07) is 0.259. The number of carbonyl (C=O) groups excluding carboxylic acids is 2. The summed E-state index contributed by atoms with van der Waals surface area (Å²) in [5.74, 6) is 0.263. The molecule has 1 fully saturated rings. The van der Waals surface area contributed by atoms with Crippen LogP contribution in [0.1, 0.15) is 46.5 Å². The van der Waals surface area contributed by atoms with Gasteiger partial charge in [0, 0.05) is 25.6 Å². The number of hydrogen-bond donors (Lipinski definition) is 2. The Hall–Kier alpha value is -1.10. The van der Waals surface area contributed by atoms with Gasteiger partial charge in [0.25, 0.3) is 0 Å². The summed E-state index contributed by atoms with van der Waals surface area (Å²) < 4.78 is 0. The quantitative estimate of drug-likeness (QED) is 0.611. The molecule has 0 saturated heterocycles. The fourth-order valence-electron chi connectivity index (χ4n) is 1.99. The molecule has 0 spiro atoms. The molecular formula is C14H27N3O2. The molecule has 110 valence electrons. The summed E-state index contributed by atoms with van der Waals surface area (Å²) in [6.45, 7) is 8.03. The second-order valence-electron chi connectivity index (χ2n) is 5.13. The normalized spacial score (nSPS) is 15.9. The van der Waals surface area contributed by atoms with Crippen molar-refractivity contribution >= 4 is 11.8 Å². The van der Waals surface area contributed by atoms with Crippen LogP contribution in [0.5, 0.6) is 0 Å². The van der Waals surface area contributed by atoms with E-state index in [-0.39, 0.29) is 17.9 Å². The van der Waals surface area contributed by atoms with Crippen LogP contribution in [0, 0.1) is 0 Å². The number of nitrogens with one attached hydrogen (secondary N) is 2. The summed E-state index contributed by atoms with van der Waals surface area (Å²) in [6.07, 6.45) is 3.56. The van der Waals surface area contributed by atoms with Gasteiger partial charge < -0.3 is 15.5 Å². The third-order valence-electron chi connectivity index (χ3n) is 3.42. The molecule has 1 aliphatic carbocycles. The van der Waals surface area contributed by atoms with Crippen LogP contribution in [0.4, 0.5) is 0 Å². The zero-order chi connectivity index (χ0) is 14.3. The molecule has 1 saturated carbocycles. The van der Waals surface area contributed by atoms with Gasteiger partial charge in [0.2, 0.25) is 11.8 Å². The van der Waals surface area contributed by atoms with Gasteiger partial charge in [-0.2, -0.15) is 0 Å². The zero-order valence-corrected chi connectivity index (χ0v) is 12.4. The highest BCUT2D eigenvalue weighted by Crippen LogP contribution is 2.18. The summed E-state index contributed by atoms with van der Waals surface area (Å²) >= 11 is 0. The summed E-state index contributed by atoms with van der Waals surface area (Å²) in [5, 5.41) is 6.14. The van der Waals surface area contributed by atoms with E-state index in [9.17, 15) is 9.59 Å². The first-order valence-corrected chi connectivity index (χ1v) is 7.40. The van der Waals surface area contributed by atoms with Crippen molar-refractivity contribution in [2.75, 3.05) is 19.6 Å². The maximum absolute atomic E-state index is 12.0. The van der Waals surface area contributed by atoms with E-state index in [0.717, 1.165) is 32.4 Å². The molecule has 1 aliphatic rings. The predicted molar refractivity (Wildman–Crippen MR) is 75.8 cm³/mol. The van der Waals surface area contributed by atoms with Gasteiger partial charge in [0.05, 0.1) is 6.04 Å². The van der Waals surface area contributed by atoms with Crippen LogP contribution < -0.4 is 10.6 Å². The Labute approximate surface area is 116 Å². The van der Waals surface area contributed by atoms with Crippen molar-refractivity contribution in [1.82, 2.24) is 15.5 Å². The molecule has 0 aromatic heterocycles. The van der Waals surface area contributed by atoms with Gasteiger partial charge in [0.1, 0.15) is 0 Å². The molecular weight excluding hydrogens is 242 g/mol. The van der Waals surface area contributed by atoms with Crippen LogP contribution in [0.25, 0.3) is 0 Å². The number of rotatable bonds is 9. The van der Waals surface area contributed by atoms with E-state index in [4.69, 9.17) is 0 Å². The lowest BCUT2D eigenvalue weighted by molar-refractivity contribution is -0.132. The summed E-state index contributed by atoms with van der Waals surface area (Å²) in [7, 11) is 0. The van der Waals surface area contributed by atoms with Crippen molar-refractivity contribution in [3.05, 3.63) is 0 Å². The summed E-state index contributed by atoms with van der Waals surface area (Å²) in [5.41, 5.74) is 0. The fraction of sp³-hybridized carbons (Fsp3) is 0.857. The van der Waals surface area contributed by atoms with Crippen molar-refractivity contribution in [2.45, 2.75) is 58.5 Å². The Balaban J connectivity index is 2.10. The van der Waals surface area contributed by atoms with Gasteiger partial charge in [-0.25, -0.2) is 0 Å². The molecule has 2 amide bonds. The second-order valence-corrected chi connectivity index (χ2v) is 5.13. The van der Waals surface area contributed by atoms with E-state index in [1.54, 1.807) is 0 Å². The predicted octanol–water partition coefficient (Wildman–Crippen LogP) is 0.892. The van der Waals surface area contributed by atoms with Crippen molar-refractivity contribution in [1.29, 1.82) is 0 Å². The minimum Gasteiger partial charge on any atom is -0.353 e. The van der Waals surface area contributed by atoms with E-state index in [2.05, 4.69) is 10.6 Å². The summed E-state index contributed by atoms with van der Waals surface area (Å²) in [4.78, 5) is 25.2. The molecule has 0 bridgehead atoms. The van der Waals surface area contributed by atoms with E-state index in [1.165, 1.54) is 0 Å². The molecule has 0 aromatic rings. The molecule has 5 nitrogen and oxygen atoms in total. The molecule has 0 aromatic carbocycles. The number of amides is 2. The molecule has 5 heteroatoms. The van der Waals surface area contributed by atoms with Crippen molar-refractivity contribution < 1.29 is 9.59 Å². The van der Waals surface area contributed by atoms with Crippen LogP contribution in [0.3, 0.4) is 0 Å². The van der Waals surface area contributed by atoms with E-state index in [1.807, 2.05) is 25.7 Å². The van der Waals surface area contributed by atoms with Crippen LogP contribution in [-0.2, 0) is 9.59 Å². The maximum atomic E-state index is 12.0. The molecule has 19 heavy (non-hydrogen) atoms. The highest BCUT2D eigenvalue weighted by molar-refractivity contribution is 5.81. The first-order chi connectivity index (χ1) is 9.08. The monoisotopic (exact) mass is 269 g/mol. The number of hydrogen-bond acceptors (Lipinski definition) is 3. The molecule has 1 unspecified atom stereocenters. The van der Waals surface area contributed by atoms with Crippen molar-refractivity contribution in [3.8, 4) is 0 Å². The standard InChI is InChI=1S/C14H27N3O2/c1-4-17(5-2)14(19)11(3)15-10-6-7-13(18)16-12-8-9-12/h11-12,15H,4-10H2,1-3H3,(H,16,18). The average Bonchev–Trinajstić information content (AvgIpc) is 3.19. The smallest absolute Gasteiger partial charge is 0.239 e. The number of likely N-dealkylation sites (N-methyl/N-ethyl adjacent to an activating group) is 1. The van der Waals surface area contributed by atoms with E-state index < -0.39 is 0 Å². The Morgan fingerprint density at radius 1 is 1.26 bits per heavy atom. The largest absolute Gasteiger partial charge is 0.353 e. The zero-order valence-electron chi connectivity index (χ0n) is 12.4.